The van der Waals surface area contributed by atoms with Crippen molar-refractivity contribution in [1.82, 2.24) is 5.06 Å². The number of rotatable bonds is 3. The van der Waals surface area contributed by atoms with Crippen molar-refractivity contribution in [2.75, 3.05) is 14.2 Å². The largest absolute Gasteiger partial charge is 0.275 e. The van der Waals surface area contributed by atoms with Gasteiger partial charge in [0, 0.05) is 18.0 Å². The molecule has 1 aromatic carbocycles. The van der Waals surface area contributed by atoms with Crippen LogP contribution >= 0.6 is 11.6 Å². The Morgan fingerprint density at radius 1 is 1.53 bits per heavy atom. The number of amides is 1. The fourth-order valence-corrected chi connectivity index (χ4v) is 2.17. The zero-order valence-electron chi connectivity index (χ0n) is 9.56. The number of alkyl halides is 1. The number of carbonyl (C=O) groups is 1. The average Bonchev–Trinajstić information content (AvgIpc) is 2.99. The predicted molar refractivity (Wildman–Crippen MR) is 62.4 cm³/mol. The zero-order chi connectivity index (χ0) is 12.6. The molecule has 3 nitrogen and oxygen atoms in total. The summed E-state index contributed by atoms with van der Waals surface area (Å²) in [6, 6.07) is 6.95. The molecule has 1 amide bonds. The third-order valence-electron chi connectivity index (χ3n) is 3.04. The van der Waals surface area contributed by atoms with E-state index in [9.17, 15) is 9.18 Å². The molecule has 2 rings (SSSR count). The van der Waals surface area contributed by atoms with E-state index in [0.717, 1.165) is 10.6 Å². The van der Waals surface area contributed by atoms with Gasteiger partial charge in [-0.15, -0.1) is 0 Å². The third kappa shape index (κ3) is 2.28. The fourth-order valence-electron chi connectivity index (χ4n) is 1.97. The van der Waals surface area contributed by atoms with E-state index in [2.05, 4.69) is 0 Å². The van der Waals surface area contributed by atoms with Crippen molar-refractivity contribution >= 4 is 17.5 Å². The SMILES string of the molecule is CON(C)C(=O)[C@H]1[C@@H](F)[C@@H]1c1cccc(Cl)c1. The molecule has 1 aromatic rings. The molecule has 5 heteroatoms. The highest BCUT2D eigenvalue weighted by atomic mass is 35.5. The van der Waals surface area contributed by atoms with Gasteiger partial charge in [-0.3, -0.25) is 9.63 Å². The van der Waals surface area contributed by atoms with Crippen LogP contribution in [0.15, 0.2) is 24.3 Å². The Kier molecular flexibility index (Phi) is 3.35. The second-order valence-electron chi connectivity index (χ2n) is 4.07. The molecule has 0 spiro atoms. The predicted octanol–water partition coefficient (Wildman–Crippen LogP) is 2.41. The Morgan fingerprint density at radius 2 is 2.24 bits per heavy atom. The molecule has 1 aliphatic rings. The van der Waals surface area contributed by atoms with E-state index in [1.807, 2.05) is 0 Å². The van der Waals surface area contributed by atoms with Crippen LogP contribution in [0.2, 0.25) is 5.02 Å². The number of hydrogen-bond acceptors (Lipinski definition) is 2. The van der Waals surface area contributed by atoms with Crippen LogP contribution in [-0.4, -0.2) is 31.3 Å². The first-order valence-electron chi connectivity index (χ1n) is 5.27. The standard InChI is InChI=1S/C12H13ClFNO2/c1-15(17-2)12(16)10-9(11(10)14)7-4-3-5-8(13)6-7/h3-6,9-11H,1-2H3/t9-,10-,11+/m1/s1. The molecule has 0 saturated heterocycles. The van der Waals surface area contributed by atoms with Gasteiger partial charge in [0.25, 0.3) is 5.91 Å². The van der Waals surface area contributed by atoms with E-state index in [4.69, 9.17) is 16.4 Å². The monoisotopic (exact) mass is 257 g/mol. The smallest absolute Gasteiger partial charge is 0.252 e. The van der Waals surface area contributed by atoms with Crippen LogP contribution in [0.5, 0.6) is 0 Å². The Balaban J connectivity index is 2.13. The Labute approximate surface area is 104 Å². The summed E-state index contributed by atoms with van der Waals surface area (Å²) >= 11 is 5.84. The van der Waals surface area contributed by atoms with Gasteiger partial charge in [-0.2, -0.15) is 0 Å². The van der Waals surface area contributed by atoms with Crippen LogP contribution in [0.25, 0.3) is 0 Å². The topological polar surface area (TPSA) is 29.5 Å². The third-order valence-corrected chi connectivity index (χ3v) is 3.27. The van der Waals surface area contributed by atoms with Gasteiger partial charge in [0.05, 0.1) is 13.0 Å². The van der Waals surface area contributed by atoms with Crippen LogP contribution in [0.4, 0.5) is 4.39 Å². The lowest BCUT2D eigenvalue weighted by Gasteiger charge is -2.12. The number of hydrogen-bond donors (Lipinski definition) is 0. The van der Waals surface area contributed by atoms with Crippen molar-refractivity contribution < 1.29 is 14.0 Å². The molecule has 17 heavy (non-hydrogen) atoms. The minimum absolute atomic E-state index is 0.343. The summed E-state index contributed by atoms with van der Waals surface area (Å²) < 4.78 is 13.7. The highest BCUT2D eigenvalue weighted by Crippen LogP contribution is 2.51. The molecule has 1 fully saturated rings. The van der Waals surface area contributed by atoms with Crippen LogP contribution < -0.4 is 0 Å². The Morgan fingerprint density at radius 3 is 2.82 bits per heavy atom. The summed E-state index contributed by atoms with van der Waals surface area (Å²) in [4.78, 5) is 16.5. The van der Waals surface area contributed by atoms with E-state index in [-0.39, 0.29) is 5.91 Å². The van der Waals surface area contributed by atoms with Gasteiger partial charge >= 0.3 is 0 Å². The normalized spacial score (nSPS) is 26.7. The maximum absolute atomic E-state index is 13.7. The molecule has 1 saturated carbocycles. The molecule has 0 aliphatic heterocycles. The molecule has 1 aliphatic carbocycles. The van der Waals surface area contributed by atoms with Crippen molar-refractivity contribution in [3.05, 3.63) is 34.9 Å². The molecule has 0 aromatic heterocycles. The Hall–Kier alpha value is -1.13. The molecule has 0 heterocycles. The molecule has 0 N–H and O–H groups in total. The number of benzene rings is 1. The van der Waals surface area contributed by atoms with E-state index >= 15 is 0 Å². The molecule has 3 atom stereocenters. The number of hydroxylamine groups is 2. The van der Waals surface area contributed by atoms with Gasteiger partial charge in [0.2, 0.25) is 0 Å². The second kappa shape index (κ2) is 4.63. The van der Waals surface area contributed by atoms with E-state index in [1.165, 1.54) is 14.2 Å². The summed E-state index contributed by atoms with van der Waals surface area (Å²) in [5.41, 5.74) is 0.757. The summed E-state index contributed by atoms with van der Waals surface area (Å²) in [6.45, 7) is 0. The van der Waals surface area contributed by atoms with E-state index in [0.29, 0.717) is 5.02 Å². The quantitative estimate of drug-likeness (QED) is 0.779. The first kappa shape index (κ1) is 12.3. The highest BCUT2D eigenvalue weighted by Gasteiger charge is 2.57. The lowest BCUT2D eigenvalue weighted by atomic mass is 10.1. The van der Waals surface area contributed by atoms with E-state index < -0.39 is 18.0 Å². The maximum atomic E-state index is 13.7. The molecule has 92 valence electrons. The summed E-state index contributed by atoms with van der Waals surface area (Å²) in [6.07, 6.45) is -1.15. The van der Waals surface area contributed by atoms with Crippen LogP contribution in [0.1, 0.15) is 11.5 Å². The highest BCUT2D eigenvalue weighted by molar-refractivity contribution is 6.30. The van der Waals surface area contributed by atoms with Gasteiger partial charge in [0.15, 0.2) is 0 Å². The zero-order valence-corrected chi connectivity index (χ0v) is 10.3. The van der Waals surface area contributed by atoms with Crippen molar-refractivity contribution in [3.8, 4) is 0 Å². The van der Waals surface area contributed by atoms with Crippen LogP contribution in [0, 0.1) is 5.92 Å². The van der Waals surface area contributed by atoms with Crippen LogP contribution in [-0.2, 0) is 9.63 Å². The summed E-state index contributed by atoms with van der Waals surface area (Å²) in [7, 11) is 2.85. The maximum Gasteiger partial charge on any atom is 0.252 e. The first-order valence-corrected chi connectivity index (χ1v) is 5.65. The van der Waals surface area contributed by atoms with Crippen molar-refractivity contribution in [1.29, 1.82) is 0 Å². The minimum atomic E-state index is -1.15. The summed E-state index contributed by atoms with van der Waals surface area (Å²) in [5, 5.41) is 1.61. The van der Waals surface area contributed by atoms with Gasteiger partial charge in [-0.05, 0) is 17.7 Å². The second-order valence-corrected chi connectivity index (χ2v) is 4.51. The van der Waals surface area contributed by atoms with Gasteiger partial charge in [-0.25, -0.2) is 9.45 Å². The molecular weight excluding hydrogens is 245 g/mol. The van der Waals surface area contributed by atoms with Crippen LogP contribution in [0.3, 0.4) is 0 Å². The van der Waals surface area contributed by atoms with Gasteiger partial charge in [-0.1, -0.05) is 23.7 Å². The fraction of sp³-hybridized carbons (Fsp3) is 0.417. The molecular formula is C12H13ClFNO2. The van der Waals surface area contributed by atoms with Crippen molar-refractivity contribution in [3.63, 3.8) is 0 Å². The van der Waals surface area contributed by atoms with E-state index in [1.54, 1.807) is 24.3 Å². The Bertz CT molecular complexity index is 440. The number of halogens is 2. The summed E-state index contributed by atoms with van der Waals surface area (Å²) in [5.74, 6) is -1.40. The molecule has 0 bridgehead atoms. The number of carbonyl (C=O) groups excluding carboxylic acids is 1. The lowest BCUT2D eigenvalue weighted by molar-refractivity contribution is -0.170. The van der Waals surface area contributed by atoms with Gasteiger partial charge in [0.1, 0.15) is 6.17 Å². The number of nitrogens with zero attached hydrogens (tertiary/aromatic N) is 1. The molecule has 0 radical (unpaired) electrons. The van der Waals surface area contributed by atoms with Crippen molar-refractivity contribution in [2.24, 2.45) is 5.92 Å². The van der Waals surface area contributed by atoms with Gasteiger partial charge < -0.3 is 0 Å². The minimum Gasteiger partial charge on any atom is -0.275 e. The first-order chi connectivity index (χ1) is 8.06. The molecule has 0 unspecified atom stereocenters. The average molecular weight is 258 g/mol. The lowest BCUT2D eigenvalue weighted by Crippen LogP contribution is -2.27. The van der Waals surface area contributed by atoms with Crippen molar-refractivity contribution in [2.45, 2.75) is 12.1 Å².